The lowest BCUT2D eigenvalue weighted by Gasteiger charge is -2.23. The van der Waals surface area contributed by atoms with Crippen LogP contribution in [0.2, 0.25) is 0 Å². The number of hydrogen-bond donors (Lipinski definition) is 2. The minimum Gasteiger partial charge on any atom is -0.394 e. The summed E-state index contributed by atoms with van der Waals surface area (Å²) in [5.41, 5.74) is 3.91. The number of pyridine rings is 1. The van der Waals surface area contributed by atoms with Crippen LogP contribution >= 0.6 is 11.3 Å². The second kappa shape index (κ2) is 7.42. The summed E-state index contributed by atoms with van der Waals surface area (Å²) in [4.78, 5) is 16.5. The average Bonchev–Trinajstić information content (AvgIpc) is 3.36. The number of aromatic amines is 1. The van der Waals surface area contributed by atoms with Crippen LogP contribution in [0.4, 0.5) is 11.6 Å². The Balaban J connectivity index is 1.68. The monoisotopic (exact) mass is 400 g/mol. The van der Waals surface area contributed by atoms with Crippen LogP contribution < -0.4 is 15.2 Å². The lowest BCUT2D eigenvalue weighted by atomic mass is 10.1. The fourth-order valence-electron chi connectivity index (χ4n) is 4.37. The summed E-state index contributed by atoms with van der Waals surface area (Å²) in [7, 11) is 0. The second-order valence-corrected chi connectivity index (χ2v) is 8.54. The van der Waals surface area contributed by atoms with Crippen LogP contribution in [-0.2, 0) is 17.6 Å². The third kappa shape index (κ3) is 2.91. The molecule has 3 aromatic rings. The van der Waals surface area contributed by atoms with Gasteiger partial charge in [-0.3, -0.25) is 4.90 Å². The first-order chi connectivity index (χ1) is 13.8. The SMILES string of the molecule is CC[C@H](CO)Nc1ncnc2c1sc1[nH+]c(N3CCOCC3)c3c(c12)CCC3. The zero-order chi connectivity index (χ0) is 19.1. The minimum absolute atomic E-state index is 0.00178. The first-order valence-electron chi connectivity index (χ1n) is 10.1. The molecule has 0 bridgehead atoms. The second-order valence-electron chi connectivity index (χ2n) is 7.52. The topological polar surface area (TPSA) is 84.7 Å². The Morgan fingerprint density at radius 3 is 2.89 bits per heavy atom. The van der Waals surface area contributed by atoms with Crippen LogP contribution in [-0.4, -0.2) is 54.0 Å². The van der Waals surface area contributed by atoms with E-state index in [2.05, 4.69) is 32.1 Å². The van der Waals surface area contributed by atoms with Crippen LogP contribution in [0.25, 0.3) is 20.4 Å². The number of thiophene rings is 1. The van der Waals surface area contributed by atoms with Gasteiger partial charge in [0.2, 0.25) is 0 Å². The van der Waals surface area contributed by atoms with Crippen LogP contribution in [0.5, 0.6) is 0 Å². The summed E-state index contributed by atoms with van der Waals surface area (Å²) in [5, 5.41) is 14.2. The van der Waals surface area contributed by atoms with Crippen molar-refractivity contribution in [3.05, 3.63) is 17.5 Å². The van der Waals surface area contributed by atoms with Gasteiger partial charge in [-0.15, -0.1) is 0 Å². The maximum atomic E-state index is 9.58. The molecular weight excluding hydrogens is 374 g/mol. The predicted molar refractivity (Wildman–Crippen MR) is 111 cm³/mol. The zero-order valence-corrected chi connectivity index (χ0v) is 16.9. The van der Waals surface area contributed by atoms with E-state index in [1.165, 1.54) is 28.8 Å². The van der Waals surface area contributed by atoms with Gasteiger partial charge in [0.15, 0.2) is 4.83 Å². The Kier molecular flexibility index (Phi) is 4.78. The van der Waals surface area contributed by atoms with E-state index >= 15 is 0 Å². The molecule has 8 heteroatoms. The van der Waals surface area contributed by atoms with Crippen molar-refractivity contribution in [2.24, 2.45) is 0 Å². The first-order valence-corrected chi connectivity index (χ1v) is 11.0. The molecule has 5 rings (SSSR count). The first kappa shape index (κ1) is 18.0. The van der Waals surface area contributed by atoms with Crippen LogP contribution in [0.15, 0.2) is 6.33 Å². The normalized spacial score (nSPS) is 18.0. The molecule has 0 saturated carbocycles. The van der Waals surface area contributed by atoms with Gasteiger partial charge in [0.25, 0.3) is 5.82 Å². The number of ether oxygens (including phenoxy) is 1. The van der Waals surface area contributed by atoms with Crippen LogP contribution in [0, 0.1) is 0 Å². The van der Waals surface area contributed by atoms with E-state index in [1.807, 2.05) is 0 Å². The molecule has 28 heavy (non-hydrogen) atoms. The number of morpholine rings is 1. The van der Waals surface area contributed by atoms with Crippen LogP contribution in [0.1, 0.15) is 30.9 Å². The summed E-state index contributed by atoms with van der Waals surface area (Å²) in [6, 6.07) is 0.00178. The molecule has 3 N–H and O–H groups in total. The maximum Gasteiger partial charge on any atom is 0.279 e. The molecule has 148 valence electrons. The number of aliphatic hydroxyl groups excluding tert-OH is 1. The molecule has 1 fully saturated rings. The van der Waals surface area contributed by atoms with Crippen molar-refractivity contribution in [1.29, 1.82) is 0 Å². The minimum atomic E-state index is 0.00178. The van der Waals surface area contributed by atoms with Crippen molar-refractivity contribution >= 4 is 43.4 Å². The summed E-state index contributed by atoms with van der Waals surface area (Å²) < 4.78 is 6.61. The Bertz CT molecular complexity index is 1010. The number of hydrogen-bond acceptors (Lipinski definition) is 7. The van der Waals surface area contributed by atoms with Crippen molar-refractivity contribution in [3.63, 3.8) is 0 Å². The number of rotatable bonds is 5. The van der Waals surface area contributed by atoms with E-state index in [1.54, 1.807) is 17.7 Å². The summed E-state index contributed by atoms with van der Waals surface area (Å²) in [6.07, 6.45) is 5.89. The molecule has 7 nitrogen and oxygen atoms in total. The maximum absolute atomic E-state index is 9.58. The molecule has 1 aliphatic heterocycles. The van der Waals surface area contributed by atoms with Crippen molar-refractivity contribution in [2.75, 3.05) is 43.1 Å². The highest BCUT2D eigenvalue weighted by Crippen LogP contribution is 2.41. The number of H-pyrrole nitrogens is 1. The van der Waals surface area contributed by atoms with E-state index in [9.17, 15) is 5.11 Å². The van der Waals surface area contributed by atoms with Gasteiger partial charge in [-0.05, 0) is 31.2 Å². The number of fused-ring (bicyclic) bond motifs is 5. The highest BCUT2D eigenvalue weighted by atomic mass is 32.1. The van der Waals surface area contributed by atoms with Gasteiger partial charge in [-0.1, -0.05) is 18.3 Å². The van der Waals surface area contributed by atoms with Crippen molar-refractivity contribution < 1.29 is 14.8 Å². The molecule has 1 aliphatic carbocycles. The molecule has 0 unspecified atom stereocenters. The molecular formula is C20H26N5O2S+. The van der Waals surface area contributed by atoms with E-state index in [0.717, 1.165) is 66.4 Å². The quantitative estimate of drug-likeness (QED) is 0.683. The smallest absolute Gasteiger partial charge is 0.279 e. The highest BCUT2D eigenvalue weighted by molar-refractivity contribution is 7.25. The van der Waals surface area contributed by atoms with Gasteiger partial charge < -0.3 is 15.2 Å². The van der Waals surface area contributed by atoms with Gasteiger partial charge in [-0.2, -0.15) is 0 Å². The van der Waals surface area contributed by atoms with Gasteiger partial charge in [0.05, 0.1) is 36.8 Å². The van der Waals surface area contributed by atoms with Crippen molar-refractivity contribution in [3.8, 4) is 0 Å². The molecule has 0 aromatic carbocycles. The number of aliphatic hydroxyl groups is 1. The van der Waals surface area contributed by atoms with Crippen LogP contribution in [0.3, 0.4) is 0 Å². The van der Waals surface area contributed by atoms with Crippen molar-refractivity contribution in [1.82, 2.24) is 9.97 Å². The van der Waals surface area contributed by atoms with E-state index in [4.69, 9.17) is 4.74 Å². The molecule has 2 aliphatic rings. The molecule has 4 heterocycles. The number of aromatic nitrogens is 3. The molecule has 0 spiro atoms. The van der Waals surface area contributed by atoms with E-state index in [0.29, 0.717) is 0 Å². The van der Waals surface area contributed by atoms with Gasteiger partial charge in [0, 0.05) is 5.56 Å². The molecule has 0 radical (unpaired) electrons. The number of nitrogens with one attached hydrogen (secondary N) is 2. The van der Waals surface area contributed by atoms with Gasteiger partial charge in [0.1, 0.15) is 29.9 Å². The molecule has 3 aromatic heterocycles. The number of nitrogens with zero attached hydrogens (tertiary/aromatic N) is 3. The fourth-order valence-corrected chi connectivity index (χ4v) is 5.50. The average molecular weight is 401 g/mol. The Morgan fingerprint density at radius 1 is 1.29 bits per heavy atom. The molecule has 0 amide bonds. The Morgan fingerprint density at radius 2 is 2.11 bits per heavy atom. The van der Waals surface area contributed by atoms with E-state index in [-0.39, 0.29) is 12.6 Å². The largest absolute Gasteiger partial charge is 0.394 e. The summed E-state index contributed by atoms with van der Waals surface area (Å²) in [6.45, 7) is 5.58. The van der Waals surface area contributed by atoms with Crippen molar-refractivity contribution in [2.45, 2.75) is 38.6 Å². The number of anilines is 2. The molecule has 1 atom stereocenters. The summed E-state index contributed by atoms with van der Waals surface area (Å²) >= 11 is 1.71. The molecule has 1 saturated heterocycles. The zero-order valence-electron chi connectivity index (χ0n) is 16.1. The Hall–Kier alpha value is -2.03. The fraction of sp³-hybridized carbons (Fsp3) is 0.550. The highest BCUT2D eigenvalue weighted by Gasteiger charge is 2.31. The predicted octanol–water partition coefficient (Wildman–Crippen LogP) is 2.17. The lowest BCUT2D eigenvalue weighted by Crippen LogP contribution is -2.40. The third-order valence-corrected chi connectivity index (χ3v) is 6.99. The Labute approximate surface area is 167 Å². The summed E-state index contributed by atoms with van der Waals surface area (Å²) in [5.74, 6) is 2.08. The van der Waals surface area contributed by atoms with Gasteiger partial charge >= 0.3 is 0 Å². The standard InChI is InChI=1S/C20H25N5O2S/c1-2-12(10-26)23-18-17-16(21-11-22-18)15-13-4-3-5-14(13)19(24-20(15)28-17)25-6-8-27-9-7-25/h11-12,26H,2-10H2,1H3,(H,21,22,23)/p+1/t12-/m1/s1. The lowest BCUT2D eigenvalue weighted by molar-refractivity contribution is -0.328. The third-order valence-electron chi connectivity index (χ3n) is 5.89. The van der Waals surface area contributed by atoms with Gasteiger partial charge in [-0.25, -0.2) is 15.0 Å². The number of aryl methyl sites for hydroxylation is 1. The van der Waals surface area contributed by atoms with E-state index < -0.39 is 0 Å².